The average molecular weight is 447 g/mol. The number of fused-ring (bicyclic) bond motifs is 3. The smallest absolute Gasteiger partial charge is 0.341 e. The molecule has 1 aliphatic carbocycles. The number of rotatable bonds is 6. The Labute approximate surface area is 179 Å². The summed E-state index contributed by atoms with van der Waals surface area (Å²) in [6.07, 6.45) is 2.26. The van der Waals surface area contributed by atoms with Gasteiger partial charge in [-0.25, -0.2) is 17.6 Å². The monoisotopic (exact) mass is 446 g/mol. The number of nitrogens with one attached hydrogen (secondary N) is 2. The van der Waals surface area contributed by atoms with Crippen molar-refractivity contribution in [2.45, 2.75) is 30.1 Å². The van der Waals surface area contributed by atoms with E-state index in [9.17, 15) is 22.7 Å². The molecule has 1 saturated carbocycles. The number of carbonyl (C=O) groups is 1. The zero-order valence-electron chi connectivity index (χ0n) is 16.7. The molecule has 2 aromatic carbocycles. The Morgan fingerprint density at radius 1 is 1.29 bits per heavy atom. The number of carboxylic acids is 1. The van der Waals surface area contributed by atoms with Crippen molar-refractivity contribution in [3.8, 4) is 5.75 Å². The number of sulfonamides is 1. The molecule has 7 nitrogen and oxygen atoms in total. The summed E-state index contributed by atoms with van der Waals surface area (Å²) in [5.41, 5.74) is 0.958. The first-order valence-corrected chi connectivity index (χ1v) is 11.9. The number of hydrogen-bond donors (Lipinski definition) is 3. The Morgan fingerprint density at radius 3 is 2.87 bits per heavy atom. The number of hydrogen-bond acceptors (Lipinski definition) is 5. The highest BCUT2D eigenvalue weighted by Gasteiger charge is 2.45. The van der Waals surface area contributed by atoms with Gasteiger partial charge in [0, 0.05) is 5.92 Å². The molecule has 2 aromatic rings. The molecule has 9 heteroatoms. The van der Waals surface area contributed by atoms with Crippen LogP contribution in [0.3, 0.4) is 0 Å². The Balaban J connectivity index is 1.51. The van der Waals surface area contributed by atoms with Crippen molar-refractivity contribution in [2.75, 3.05) is 24.4 Å². The van der Waals surface area contributed by atoms with Crippen LogP contribution in [0.25, 0.3) is 0 Å². The third kappa shape index (κ3) is 3.76. The van der Waals surface area contributed by atoms with Crippen molar-refractivity contribution in [2.24, 2.45) is 11.8 Å². The molecule has 0 bridgehead atoms. The first kappa shape index (κ1) is 20.3. The van der Waals surface area contributed by atoms with Crippen molar-refractivity contribution >= 4 is 21.7 Å². The van der Waals surface area contributed by atoms with Crippen molar-refractivity contribution in [1.82, 2.24) is 5.32 Å². The fourth-order valence-corrected chi connectivity index (χ4v) is 6.02. The van der Waals surface area contributed by atoms with E-state index in [-0.39, 0.29) is 33.7 Å². The van der Waals surface area contributed by atoms with E-state index in [1.54, 1.807) is 6.07 Å². The Bertz CT molecular complexity index is 1160. The van der Waals surface area contributed by atoms with Gasteiger partial charge in [-0.05, 0) is 79.6 Å². The lowest BCUT2D eigenvalue weighted by atomic mass is 9.98. The summed E-state index contributed by atoms with van der Waals surface area (Å²) < 4.78 is 48.5. The molecule has 3 atom stereocenters. The van der Waals surface area contributed by atoms with E-state index in [0.717, 1.165) is 37.6 Å². The van der Waals surface area contributed by atoms with Crippen LogP contribution >= 0.6 is 0 Å². The third-order valence-corrected chi connectivity index (χ3v) is 7.86. The molecule has 1 unspecified atom stereocenters. The second-order valence-corrected chi connectivity index (χ2v) is 10.2. The van der Waals surface area contributed by atoms with Gasteiger partial charge >= 0.3 is 5.97 Å². The van der Waals surface area contributed by atoms with Gasteiger partial charge in [-0.1, -0.05) is 6.07 Å². The highest BCUT2D eigenvalue weighted by atomic mass is 32.2. The van der Waals surface area contributed by atoms with Crippen molar-refractivity contribution in [1.29, 1.82) is 0 Å². The molecule has 164 valence electrons. The predicted octanol–water partition coefficient (Wildman–Crippen LogP) is 2.97. The first-order valence-electron chi connectivity index (χ1n) is 10.4. The maximum Gasteiger partial charge on any atom is 0.341 e. The number of anilines is 1. The predicted molar refractivity (Wildman–Crippen MR) is 112 cm³/mol. The number of aromatic carboxylic acids is 1. The van der Waals surface area contributed by atoms with Gasteiger partial charge in [-0.3, -0.25) is 4.72 Å². The molecule has 2 fully saturated rings. The number of benzene rings is 2. The van der Waals surface area contributed by atoms with Gasteiger partial charge in [-0.15, -0.1) is 0 Å². The lowest BCUT2D eigenvalue weighted by Gasteiger charge is -2.21. The van der Waals surface area contributed by atoms with Crippen LogP contribution in [0.2, 0.25) is 0 Å². The Morgan fingerprint density at radius 2 is 2.13 bits per heavy atom. The van der Waals surface area contributed by atoms with Gasteiger partial charge in [0.1, 0.15) is 17.1 Å². The lowest BCUT2D eigenvalue weighted by Crippen LogP contribution is -2.20. The second kappa shape index (κ2) is 7.49. The standard InChI is InChI=1S/C22H23FN2O5S/c23-15-1-4-19(13(8-15)7-12-5-6-24-10-12)31(28,29)25-18-3-2-16-17-9-14(17)11-30-21(16)20(18)22(26)27/h1-4,8,12,14,17,24-25H,5-7,9-11H2,(H,26,27)/t12?,14-,17-/m0/s1. The number of ether oxygens (including phenoxy) is 1. The summed E-state index contributed by atoms with van der Waals surface area (Å²) in [4.78, 5) is 12.0. The van der Waals surface area contributed by atoms with E-state index in [2.05, 4.69) is 10.0 Å². The molecular formula is C22H23FN2O5S. The molecule has 3 N–H and O–H groups in total. The van der Waals surface area contributed by atoms with Gasteiger partial charge in [-0.2, -0.15) is 0 Å². The first-order chi connectivity index (χ1) is 14.8. The van der Waals surface area contributed by atoms with E-state index >= 15 is 0 Å². The van der Waals surface area contributed by atoms with Gasteiger partial charge in [0.2, 0.25) is 0 Å². The summed E-state index contributed by atoms with van der Waals surface area (Å²) in [6, 6.07) is 6.80. The Hall–Kier alpha value is -2.65. The minimum Gasteiger partial charge on any atom is -0.492 e. The van der Waals surface area contributed by atoms with Crippen LogP contribution in [0.15, 0.2) is 35.2 Å². The topological polar surface area (TPSA) is 105 Å². The lowest BCUT2D eigenvalue weighted by molar-refractivity contribution is 0.0692. The summed E-state index contributed by atoms with van der Waals surface area (Å²) in [7, 11) is -4.14. The molecule has 31 heavy (non-hydrogen) atoms. The van der Waals surface area contributed by atoms with Crippen LogP contribution in [-0.4, -0.2) is 39.2 Å². The van der Waals surface area contributed by atoms with Gasteiger partial charge in [0.25, 0.3) is 10.0 Å². The van der Waals surface area contributed by atoms with E-state index in [1.807, 2.05) is 0 Å². The molecule has 0 radical (unpaired) electrons. The molecular weight excluding hydrogens is 423 g/mol. The van der Waals surface area contributed by atoms with Crippen LogP contribution in [0.5, 0.6) is 5.75 Å². The van der Waals surface area contributed by atoms with Crippen molar-refractivity contribution in [3.63, 3.8) is 0 Å². The average Bonchev–Trinajstić information content (AvgIpc) is 3.34. The van der Waals surface area contributed by atoms with Crippen LogP contribution in [-0.2, 0) is 16.4 Å². The number of halogens is 1. The van der Waals surface area contributed by atoms with Gasteiger partial charge in [0.05, 0.1) is 17.2 Å². The molecule has 2 aliphatic heterocycles. The highest BCUT2D eigenvalue weighted by molar-refractivity contribution is 7.92. The van der Waals surface area contributed by atoms with Crippen LogP contribution in [0.1, 0.15) is 40.2 Å². The molecule has 2 heterocycles. The van der Waals surface area contributed by atoms with Crippen LogP contribution in [0, 0.1) is 17.7 Å². The van der Waals surface area contributed by atoms with E-state index in [1.165, 1.54) is 18.2 Å². The van der Waals surface area contributed by atoms with Crippen molar-refractivity contribution in [3.05, 3.63) is 52.8 Å². The summed E-state index contributed by atoms with van der Waals surface area (Å²) in [5.74, 6) is -0.631. The molecule has 0 aromatic heterocycles. The fourth-order valence-electron chi connectivity index (χ4n) is 4.72. The van der Waals surface area contributed by atoms with Gasteiger partial charge < -0.3 is 15.2 Å². The number of carboxylic acid groups (broad SMARTS) is 1. The van der Waals surface area contributed by atoms with E-state index in [0.29, 0.717) is 24.5 Å². The zero-order chi connectivity index (χ0) is 21.8. The van der Waals surface area contributed by atoms with Gasteiger partial charge in [0.15, 0.2) is 0 Å². The molecule has 0 amide bonds. The van der Waals surface area contributed by atoms with Crippen molar-refractivity contribution < 1.29 is 27.4 Å². The Kier molecular flexibility index (Phi) is 4.90. The SMILES string of the molecule is O=C(O)c1c(NS(=O)(=O)c2ccc(F)cc2CC2CCNC2)ccc2c1OC[C@@H]1C[C@H]21. The molecule has 0 spiro atoms. The summed E-state index contributed by atoms with van der Waals surface area (Å²) in [6.45, 7) is 2.03. The summed E-state index contributed by atoms with van der Waals surface area (Å²) >= 11 is 0. The van der Waals surface area contributed by atoms with Crippen LogP contribution < -0.4 is 14.8 Å². The fraction of sp³-hybridized carbons (Fsp3) is 0.409. The quantitative estimate of drug-likeness (QED) is 0.630. The molecule has 1 saturated heterocycles. The van der Waals surface area contributed by atoms with E-state index < -0.39 is 21.8 Å². The molecule has 5 rings (SSSR count). The third-order valence-electron chi connectivity index (χ3n) is 6.39. The van der Waals surface area contributed by atoms with E-state index in [4.69, 9.17) is 4.74 Å². The summed E-state index contributed by atoms with van der Waals surface area (Å²) in [5, 5.41) is 13.0. The second-order valence-electron chi connectivity index (χ2n) is 8.55. The minimum absolute atomic E-state index is 0.0435. The maximum absolute atomic E-state index is 13.9. The largest absolute Gasteiger partial charge is 0.492 e. The maximum atomic E-state index is 13.9. The highest BCUT2D eigenvalue weighted by Crippen LogP contribution is 2.55. The normalized spacial score (nSPS) is 24.1. The zero-order valence-corrected chi connectivity index (χ0v) is 17.5. The minimum atomic E-state index is -4.14. The van der Waals surface area contributed by atoms with Crippen LogP contribution in [0.4, 0.5) is 10.1 Å². The molecule has 3 aliphatic rings.